The van der Waals surface area contributed by atoms with Crippen LogP contribution in [0.3, 0.4) is 0 Å². The Kier molecular flexibility index (Phi) is 9.17. The summed E-state index contributed by atoms with van der Waals surface area (Å²) in [6.07, 6.45) is -3.13. The van der Waals surface area contributed by atoms with Gasteiger partial charge in [0, 0.05) is 5.92 Å². The van der Waals surface area contributed by atoms with Crippen molar-refractivity contribution in [2.24, 2.45) is 17.3 Å². The molecule has 1 aliphatic carbocycles. The number of alkyl halides is 3. The third-order valence-electron chi connectivity index (χ3n) is 5.83. The number of rotatable bonds is 6. The van der Waals surface area contributed by atoms with E-state index in [1.54, 1.807) is 6.92 Å². The Balaban J connectivity index is 0.000000314. The van der Waals surface area contributed by atoms with Gasteiger partial charge in [0.2, 0.25) is 6.10 Å². The van der Waals surface area contributed by atoms with Crippen molar-refractivity contribution in [1.29, 1.82) is 0 Å². The summed E-state index contributed by atoms with van der Waals surface area (Å²) in [5.41, 5.74) is -0.531. The molecule has 5 unspecified atom stereocenters. The molecule has 1 saturated heterocycles. The van der Waals surface area contributed by atoms with Gasteiger partial charge in [-0.3, -0.25) is 9.59 Å². The molecule has 0 aromatic rings. The second-order valence-corrected chi connectivity index (χ2v) is 8.56. The molecule has 0 spiro atoms. The lowest BCUT2D eigenvalue weighted by Gasteiger charge is -2.23. The Morgan fingerprint density at radius 1 is 1.17 bits per heavy atom. The lowest BCUT2D eigenvalue weighted by atomic mass is 9.90. The molecular weight excluding hydrogens is 405 g/mol. The molecule has 2 fully saturated rings. The van der Waals surface area contributed by atoms with E-state index in [0.717, 1.165) is 26.2 Å². The van der Waals surface area contributed by atoms with Crippen LogP contribution >= 0.6 is 0 Å². The Bertz CT molecular complexity index is 616. The molecule has 1 heterocycles. The maximum atomic E-state index is 12.0. The lowest BCUT2D eigenvalue weighted by Crippen LogP contribution is -2.35. The lowest BCUT2D eigenvalue weighted by molar-refractivity contribution is -0.218. The van der Waals surface area contributed by atoms with Crippen LogP contribution in [0.25, 0.3) is 0 Å². The van der Waals surface area contributed by atoms with E-state index in [4.69, 9.17) is 9.47 Å². The maximum Gasteiger partial charge on any atom is 0.425 e. The molecule has 0 aromatic carbocycles. The summed E-state index contributed by atoms with van der Waals surface area (Å²) in [6, 6.07) is 0. The number of carbonyl (C=O) groups excluding carboxylic acids is 3. The summed E-state index contributed by atoms with van der Waals surface area (Å²) in [6.45, 7) is 9.67. The average Bonchev–Trinajstić information content (AvgIpc) is 3.22. The highest BCUT2D eigenvalue weighted by Gasteiger charge is 2.50. The predicted octanol–water partition coefficient (Wildman–Crippen LogP) is 4.59. The van der Waals surface area contributed by atoms with Crippen LogP contribution in [-0.4, -0.2) is 42.4 Å². The van der Waals surface area contributed by atoms with E-state index in [-0.39, 0.29) is 24.0 Å². The molecule has 0 radical (unpaired) electrons. The van der Waals surface area contributed by atoms with Gasteiger partial charge in [0.1, 0.15) is 6.10 Å². The van der Waals surface area contributed by atoms with Crippen molar-refractivity contribution in [2.75, 3.05) is 0 Å². The first kappa shape index (κ1) is 26.2. The van der Waals surface area contributed by atoms with Crippen molar-refractivity contribution < 1.29 is 41.8 Å². The SMILES string of the molecule is CCC(C)(C)C(=O)OC1C(=O)OC2CCCC21.CCC(C)C(=O)OC(C)C(F)(F)F. The van der Waals surface area contributed by atoms with Crippen LogP contribution in [0.4, 0.5) is 13.2 Å². The van der Waals surface area contributed by atoms with Crippen molar-refractivity contribution in [2.45, 2.75) is 98.1 Å². The highest BCUT2D eigenvalue weighted by molar-refractivity contribution is 5.83. The van der Waals surface area contributed by atoms with Crippen LogP contribution in [0.15, 0.2) is 0 Å². The van der Waals surface area contributed by atoms with E-state index in [1.165, 1.54) is 6.92 Å². The monoisotopic (exact) mass is 438 g/mol. The fourth-order valence-corrected chi connectivity index (χ4v) is 2.92. The molecule has 0 bridgehead atoms. The number of hydrogen-bond acceptors (Lipinski definition) is 6. The van der Waals surface area contributed by atoms with E-state index >= 15 is 0 Å². The number of fused-ring (bicyclic) bond motifs is 1. The van der Waals surface area contributed by atoms with E-state index in [2.05, 4.69) is 4.74 Å². The molecule has 2 aliphatic rings. The summed E-state index contributed by atoms with van der Waals surface area (Å²) in [7, 11) is 0. The van der Waals surface area contributed by atoms with Gasteiger partial charge in [-0.25, -0.2) is 4.79 Å². The number of ether oxygens (including phenoxy) is 3. The summed E-state index contributed by atoms with van der Waals surface area (Å²) >= 11 is 0. The van der Waals surface area contributed by atoms with Crippen molar-refractivity contribution in [3.05, 3.63) is 0 Å². The number of hydrogen-bond donors (Lipinski definition) is 0. The van der Waals surface area contributed by atoms with E-state index in [9.17, 15) is 27.6 Å². The van der Waals surface area contributed by atoms with Crippen LogP contribution in [-0.2, 0) is 28.6 Å². The summed E-state index contributed by atoms with van der Waals surface area (Å²) in [5.74, 6) is -1.86. The van der Waals surface area contributed by atoms with Gasteiger partial charge >= 0.3 is 24.1 Å². The zero-order valence-corrected chi connectivity index (χ0v) is 18.5. The normalized spacial score (nSPS) is 25.4. The van der Waals surface area contributed by atoms with Gasteiger partial charge in [-0.2, -0.15) is 13.2 Å². The van der Waals surface area contributed by atoms with E-state index < -0.39 is 35.7 Å². The molecular formula is C21H33F3O6. The first-order valence-corrected chi connectivity index (χ1v) is 10.4. The first-order chi connectivity index (χ1) is 13.7. The quantitative estimate of drug-likeness (QED) is 0.446. The second-order valence-electron chi connectivity index (χ2n) is 8.56. The molecule has 30 heavy (non-hydrogen) atoms. The van der Waals surface area contributed by atoms with Crippen molar-refractivity contribution in [3.63, 3.8) is 0 Å². The third kappa shape index (κ3) is 6.87. The molecule has 9 heteroatoms. The highest BCUT2D eigenvalue weighted by atomic mass is 19.4. The summed E-state index contributed by atoms with van der Waals surface area (Å²) in [5, 5.41) is 0. The van der Waals surface area contributed by atoms with Gasteiger partial charge in [-0.15, -0.1) is 0 Å². The molecule has 5 atom stereocenters. The predicted molar refractivity (Wildman–Crippen MR) is 102 cm³/mol. The van der Waals surface area contributed by atoms with Crippen LogP contribution in [0.5, 0.6) is 0 Å². The van der Waals surface area contributed by atoms with Crippen molar-refractivity contribution in [1.82, 2.24) is 0 Å². The fourth-order valence-electron chi connectivity index (χ4n) is 2.92. The van der Waals surface area contributed by atoms with E-state index in [0.29, 0.717) is 12.8 Å². The molecule has 174 valence electrons. The molecule has 0 aromatic heterocycles. The van der Waals surface area contributed by atoms with Gasteiger partial charge in [0.25, 0.3) is 0 Å². The largest absolute Gasteiger partial charge is 0.459 e. The Hall–Kier alpha value is -1.80. The molecule has 0 N–H and O–H groups in total. The van der Waals surface area contributed by atoms with E-state index in [1.807, 2.05) is 20.8 Å². The fraction of sp³-hybridized carbons (Fsp3) is 0.857. The third-order valence-corrected chi connectivity index (χ3v) is 5.83. The van der Waals surface area contributed by atoms with Crippen LogP contribution in [0.2, 0.25) is 0 Å². The topological polar surface area (TPSA) is 78.9 Å². The van der Waals surface area contributed by atoms with Crippen molar-refractivity contribution >= 4 is 17.9 Å². The maximum absolute atomic E-state index is 12.0. The molecule has 2 rings (SSSR count). The average molecular weight is 438 g/mol. The van der Waals surface area contributed by atoms with Crippen LogP contribution < -0.4 is 0 Å². The minimum absolute atomic E-state index is 0.0231. The van der Waals surface area contributed by atoms with Crippen LogP contribution in [0.1, 0.15) is 73.6 Å². The molecule has 0 amide bonds. The van der Waals surface area contributed by atoms with Gasteiger partial charge < -0.3 is 14.2 Å². The standard InChI is InChI=1S/C13H20O4.C8H13F3O2/c1-4-13(2,3)12(15)17-10-8-6-5-7-9(8)16-11(10)14;1-4-5(2)7(12)13-6(3)8(9,10)11/h8-10H,4-7H2,1-3H3;5-6H,4H2,1-3H3. The number of esters is 3. The molecule has 6 nitrogen and oxygen atoms in total. The van der Waals surface area contributed by atoms with Gasteiger partial charge in [0.05, 0.1) is 11.3 Å². The summed E-state index contributed by atoms with van der Waals surface area (Å²) in [4.78, 5) is 34.5. The first-order valence-electron chi connectivity index (χ1n) is 10.4. The second kappa shape index (κ2) is 10.5. The van der Waals surface area contributed by atoms with Gasteiger partial charge in [-0.1, -0.05) is 20.8 Å². The van der Waals surface area contributed by atoms with Gasteiger partial charge in [-0.05, 0) is 52.9 Å². The molecule has 1 saturated carbocycles. The zero-order chi connectivity index (χ0) is 23.3. The number of halogens is 3. The highest BCUT2D eigenvalue weighted by Crippen LogP contribution is 2.39. The minimum atomic E-state index is -4.47. The Morgan fingerprint density at radius 3 is 2.27 bits per heavy atom. The number of carbonyl (C=O) groups is 3. The molecule has 1 aliphatic heterocycles. The Labute approximate surface area is 175 Å². The zero-order valence-electron chi connectivity index (χ0n) is 18.5. The van der Waals surface area contributed by atoms with Crippen molar-refractivity contribution in [3.8, 4) is 0 Å². The Morgan fingerprint density at radius 2 is 1.77 bits per heavy atom. The van der Waals surface area contributed by atoms with Gasteiger partial charge in [0.15, 0.2) is 6.10 Å². The minimum Gasteiger partial charge on any atom is -0.459 e. The smallest absolute Gasteiger partial charge is 0.425 e. The summed E-state index contributed by atoms with van der Waals surface area (Å²) < 4.78 is 50.5. The van der Waals surface area contributed by atoms with Crippen LogP contribution in [0, 0.1) is 17.3 Å².